The number of benzene rings is 2. The van der Waals surface area contributed by atoms with Gasteiger partial charge in [-0.05, 0) is 6.07 Å². The molecule has 1 aliphatic heterocycles. The normalized spacial score (nSPS) is 12.8. The van der Waals surface area contributed by atoms with Gasteiger partial charge in [-0.2, -0.15) is 5.10 Å². The molecule has 0 radical (unpaired) electrons. The van der Waals surface area contributed by atoms with E-state index in [-0.39, 0.29) is 11.3 Å². The Labute approximate surface area is 146 Å². The van der Waals surface area contributed by atoms with E-state index in [1.165, 1.54) is 0 Å². The van der Waals surface area contributed by atoms with Crippen molar-refractivity contribution in [2.24, 2.45) is 0 Å². The van der Waals surface area contributed by atoms with E-state index in [4.69, 9.17) is 21.1 Å². The molecule has 8 heteroatoms. The van der Waals surface area contributed by atoms with Gasteiger partial charge in [-0.25, -0.2) is 5.10 Å². The Morgan fingerprint density at radius 3 is 2.56 bits per heavy atom. The van der Waals surface area contributed by atoms with Crippen LogP contribution in [0.3, 0.4) is 0 Å². The fraction of sp³-hybridized carbons (Fsp3) is 0.118. The number of nitrogens with zero attached hydrogens (tertiary/aromatic N) is 1. The van der Waals surface area contributed by atoms with Crippen LogP contribution in [0.5, 0.6) is 11.5 Å². The number of carbonyl (C=O) groups excluding carboxylic acids is 1. The molecule has 126 valence electrons. The average Bonchev–Trinajstić information content (AvgIpc) is 2.63. The average molecular weight is 358 g/mol. The fourth-order valence-electron chi connectivity index (χ4n) is 2.63. The molecule has 0 atom stereocenters. The van der Waals surface area contributed by atoms with E-state index in [1.807, 2.05) is 0 Å². The smallest absolute Gasteiger partial charge is 0.276 e. The second kappa shape index (κ2) is 6.10. The Morgan fingerprint density at radius 1 is 1.12 bits per heavy atom. The van der Waals surface area contributed by atoms with Crippen LogP contribution in [0.1, 0.15) is 10.5 Å². The Morgan fingerprint density at radius 2 is 1.80 bits per heavy atom. The zero-order valence-electron chi connectivity index (χ0n) is 12.8. The molecule has 4 rings (SSSR count). The lowest BCUT2D eigenvalue weighted by Gasteiger charge is -2.20. The van der Waals surface area contributed by atoms with Gasteiger partial charge in [0.15, 0.2) is 17.2 Å². The zero-order chi connectivity index (χ0) is 17.4. The molecule has 2 heterocycles. The summed E-state index contributed by atoms with van der Waals surface area (Å²) in [5.74, 6) is 0.540. The topological polar surface area (TPSA) is 93.3 Å². The molecule has 0 saturated carbocycles. The monoisotopic (exact) mass is 357 g/mol. The van der Waals surface area contributed by atoms with Crippen molar-refractivity contribution < 1.29 is 14.3 Å². The maximum Gasteiger partial charge on any atom is 0.276 e. The summed E-state index contributed by atoms with van der Waals surface area (Å²) in [5, 5.41) is 10.1. The molecule has 1 aliphatic rings. The van der Waals surface area contributed by atoms with E-state index in [0.717, 1.165) is 0 Å². The summed E-state index contributed by atoms with van der Waals surface area (Å²) in [6.07, 6.45) is 0. The highest BCUT2D eigenvalue weighted by Gasteiger charge is 2.19. The van der Waals surface area contributed by atoms with E-state index >= 15 is 0 Å². The van der Waals surface area contributed by atoms with Gasteiger partial charge < -0.3 is 14.8 Å². The van der Waals surface area contributed by atoms with E-state index in [1.54, 1.807) is 36.4 Å². The summed E-state index contributed by atoms with van der Waals surface area (Å²) in [5.41, 5.74) is 0.110. The quantitative estimate of drug-likeness (QED) is 0.735. The summed E-state index contributed by atoms with van der Waals surface area (Å²) in [4.78, 5) is 24.5. The van der Waals surface area contributed by atoms with Crippen LogP contribution in [0.25, 0.3) is 10.8 Å². The van der Waals surface area contributed by atoms with Crippen molar-refractivity contribution in [2.45, 2.75) is 0 Å². The molecule has 0 unspecified atom stereocenters. The van der Waals surface area contributed by atoms with Gasteiger partial charge in [-0.1, -0.05) is 29.8 Å². The minimum Gasteiger partial charge on any atom is -0.486 e. The van der Waals surface area contributed by atoms with Crippen LogP contribution in [0.15, 0.2) is 41.2 Å². The number of ether oxygens (including phenoxy) is 2. The lowest BCUT2D eigenvalue weighted by atomic mass is 10.1. The number of nitrogens with one attached hydrogen (secondary N) is 2. The summed E-state index contributed by atoms with van der Waals surface area (Å²) >= 11 is 6.21. The second-order valence-corrected chi connectivity index (χ2v) is 5.78. The third-order valence-corrected chi connectivity index (χ3v) is 4.10. The largest absolute Gasteiger partial charge is 0.486 e. The molecule has 0 fully saturated rings. The van der Waals surface area contributed by atoms with Crippen LogP contribution in [-0.4, -0.2) is 29.3 Å². The van der Waals surface area contributed by atoms with E-state index in [0.29, 0.717) is 46.2 Å². The Hall–Kier alpha value is -3.06. The Bertz CT molecular complexity index is 1050. The highest BCUT2D eigenvalue weighted by Crippen LogP contribution is 2.38. The number of aromatic nitrogens is 2. The van der Waals surface area contributed by atoms with Gasteiger partial charge in [0.25, 0.3) is 11.5 Å². The summed E-state index contributed by atoms with van der Waals surface area (Å²) in [6, 6.07) is 9.93. The van der Waals surface area contributed by atoms with Gasteiger partial charge in [0.1, 0.15) is 13.2 Å². The second-order valence-electron chi connectivity index (χ2n) is 5.38. The lowest BCUT2D eigenvalue weighted by Crippen LogP contribution is -2.20. The SMILES string of the molecule is O=C(Nc1cc2c(cc1Cl)OCCO2)c1n[nH]c(=O)c2ccccc12. The molecule has 0 aliphatic carbocycles. The molecule has 25 heavy (non-hydrogen) atoms. The summed E-state index contributed by atoms with van der Waals surface area (Å²) in [7, 11) is 0. The third-order valence-electron chi connectivity index (χ3n) is 3.79. The van der Waals surface area contributed by atoms with Gasteiger partial charge in [-0.15, -0.1) is 0 Å². The van der Waals surface area contributed by atoms with Crippen molar-refractivity contribution in [2.75, 3.05) is 18.5 Å². The van der Waals surface area contributed by atoms with Crippen LogP contribution in [0, 0.1) is 0 Å². The number of carbonyl (C=O) groups is 1. The number of hydrogen-bond acceptors (Lipinski definition) is 5. The van der Waals surface area contributed by atoms with Crippen molar-refractivity contribution in [1.82, 2.24) is 10.2 Å². The summed E-state index contributed by atoms with van der Waals surface area (Å²) < 4.78 is 10.9. The molecule has 0 saturated heterocycles. The van der Waals surface area contributed by atoms with E-state index in [9.17, 15) is 9.59 Å². The molecular formula is C17H12ClN3O4. The molecule has 1 amide bonds. The van der Waals surface area contributed by atoms with Crippen LogP contribution in [0.4, 0.5) is 5.69 Å². The Kier molecular flexibility index (Phi) is 3.77. The molecule has 0 spiro atoms. The van der Waals surface area contributed by atoms with Gasteiger partial charge in [0.05, 0.1) is 16.1 Å². The van der Waals surface area contributed by atoms with Gasteiger partial charge in [0, 0.05) is 17.5 Å². The number of rotatable bonds is 2. The lowest BCUT2D eigenvalue weighted by molar-refractivity contribution is 0.102. The molecule has 2 aromatic carbocycles. The van der Waals surface area contributed by atoms with Gasteiger partial charge in [-0.3, -0.25) is 9.59 Å². The minimum absolute atomic E-state index is 0.0983. The predicted molar refractivity (Wildman–Crippen MR) is 92.8 cm³/mol. The first kappa shape index (κ1) is 15.5. The molecule has 2 N–H and O–H groups in total. The first-order valence-electron chi connectivity index (χ1n) is 7.51. The molecule has 0 bridgehead atoms. The van der Waals surface area contributed by atoms with Gasteiger partial charge >= 0.3 is 0 Å². The Balaban J connectivity index is 1.72. The fourth-order valence-corrected chi connectivity index (χ4v) is 2.83. The highest BCUT2D eigenvalue weighted by molar-refractivity contribution is 6.34. The number of anilines is 1. The highest BCUT2D eigenvalue weighted by atomic mass is 35.5. The van der Waals surface area contributed by atoms with Crippen molar-refractivity contribution in [3.63, 3.8) is 0 Å². The summed E-state index contributed by atoms with van der Waals surface area (Å²) in [6.45, 7) is 0.871. The maximum absolute atomic E-state index is 12.6. The molecule has 3 aromatic rings. The van der Waals surface area contributed by atoms with Crippen LogP contribution < -0.4 is 20.3 Å². The van der Waals surface area contributed by atoms with Gasteiger partial charge in [0.2, 0.25) is 0 Å². The number of halogens is 1. The number of aromatic amines is 1. The number of amides is 1. The number of hydrogen-bond donors (Lipinski definition) is 2. The van der Waals surface area contributed by atoms with E-state index < -0.39 is 5.91 Å². The van der Waals surface area contributed by atoms with E-state index in [2.05, 4.69) is 15.5 Å². The first-order chi connectivity index (χ1) is 12.1. The minimum atomic E-state index is -0.494. The van der Waals surface area contributed by atoms with Crippen LogP contribution in [-0.2, 0) is 0 Å². The zero-order valence-corrected chi connectivity index (χ0v) is 13.6. The molecular weight excluding hydrogens is 346 g/mol. The molecule has 1 aromatic heterocycles. The van der Waals surface area contributed by atoms with Crippen molar-refractivity contribution in [1.29, 1.82) is 0 Å². The van der Waals surface area contributed by atoms with Crippen LogP contribution in [0.2, 0.25) is 5.02 Å². The maximum atomic E-state index is 12.6. The van der Waals surface area contributed by atoms with Crippen molar-refractivity contribution in [3.8, 4) is 11.5 Å². The third kappa shape index (κ3) is 2.78. The molecule has 7 nitrogen and oxygen atoms in total. The predicted octanol–water partition coefficient (Wildman–Crippen LogP) is 2.60. The van der Waals surface area contributed by atoms with Crippen molar-refractivity contribution >= 4 is 34.0 Å². The van der Waals surface area contributed by atoms with Crippen molar-refractivity contribution in [3.05, 3.63) is 57.5 Å². The first-order valence-corrected chi connectivity index (χ1v) is 7.89. The number of fused-ring (bicyclic) bond motifs is 2. The standard InChI is InChI=1S/C17H12ClN3O4/c18-11-7-13-14(25-6-5-24-13)8-12(11)19-17(23)15-9-3-1-2-4-10(9)16(22)21-20-15/h1-4,7-8H,5-6H2,(H,19,23)(H,21,22). The van der Waals surface area contributed by atoms with Crippen LogP contribution >= 0.6 is 11.6 Å². The number of H-pyrrole nitrogens is 1.